The molecule has 0 aliphatic carbocycles. The number of nitrogen functional groups attached to an aromatic ring is 1. The summed E-state index contributed by atoms with van der Waals surface area (Å²) in [5, 5.41) is 3.36. The van der Waals surface area contributed by atoms with Gasteiger partial charge in [-0.3, -0.25) is 0 Å². The summed E-state index contributed by atoms with van der Waals surface area (Å²) >= 11 is 0. The Labute approximate surface area is 206 Å². The van der Waals surface area contributed by atoms with E-state index in [2.05, 4.69) is 44.0 Å². The van der Waals surface area contributed by atoms with Crippen molar-refractivity contribution >= 4 is 22.9 Å². The SMILES string of the molecule is Nc1nc(NCCCc2ccccc2)nc2c1nc(-c1ccco1)n2CCCCN1CCCCC1. The number of hydrogen-bond acceptors (Lipinski definition) is 7. The molecule has 0 bridgehead atoms. The van der Waals surface area contributed by atoms with Gasteiger partial charge in [0.25, 0.3) is 0 Å². The van der Waals surface area contributed by atoms with Crippen molar-refractivity contribution in [2.45, 2.75) is 51.5 Å². The molecule has 1 aromatic carbocycles. The van der Waals surface area contributed by atoms with Crippen molar-refractivity contribution in [3.05, 3.63) is 54.3 Å². The highest BCUT2D eigenvalue weighted by Gasteiger charge is 2.19. The fraction of sp³-hybridized carbons (Fsp3) is 0.444. The van der Waals surface area contributed by atoms with Crippen molar-refractivity contribution in [1.82, 2.24) is 24.4 Å². The molecule has 1 aliphatic rings. The molecule has 1 aliphatic heterocycles. The number of hydrogen-bond donors (Lipinski definition) is 2. The first kappa shape index (κ1) is 23.4. The molecule has 1 saturated heterocycles. The highest BCUT2D eigenvalue weighted by atomic mass is 16.3. The van der Waals surface area contributed by atoms with Gasteiger partial charge in [0.2, 0.25) is 5.95 Å². The number of nitrogens with one attached hydrogen (secondary N) is 1. The lowest BCUT2D eigenvalue weighted by Crippen LogP contribution is -2.30. The number of furan rings is 1. The quantitative estimate of drug-likeness (QED) is 0.297. The van der Waals surface area contributed by atoms with Gasteiger partial charge < -0.3 is 24.9 Å². The summed E-state index contributed by atoms with van der Waals surface area (Å²) in [7, 11) is 0. The van der Waals surface area contributed by atoms with Crippen LogP contribution in [-0.2, 0) is 13.0 Å². The van der Waals surface area contributed by atoms with Gasteiger partial charge in [0.05, 0.1) is 6.26 Å². The number of rotatable bonds is 11. The van der Waals surface area contributed by atoms with E-state index in [0.29, 0.717) is 17.3 Å². The smallest absolute Gasteiger partial charge is 0.226 e. The van der Waals surface area contributed by atoms with Crippen molar-refractivity contribution in [2.24, 2.45) is 0 Å². The van der Waals surface area contributed by atoms with Gasteiger partial charge >= 0.3 is 0 Å². The van der Waals surface area contributed by atoms with Crippen LogP contribution in [0.5, 0.6) is 0 Å². The number of fused-ring (bicyclic) bond motifs is 1. The molecule has 5 rings (SSSR count). The maximum absolute atomic E-state index is 6.34. The molecule has 184 valence electrons. The minimum absolute atomic E-state index is 0.389. The van der Waals surface area contributed by atoms with Crippen LogP contribution in [0.1, 0.15) is 44.1 Å². The van der Waals surface area contributed by atoms with Crippen LogP contribution >= 0.6 is 0 Å². The predicted octanol–water partition coefficient (Wildman–Crippen LogP) is 4.98. The average molecular weight is 474 g/mol. The number of nitrogens with two attached hydrogens (primary N) is 1. The van der Waals surface area contributed by atoms with Crippen LogP contribution in [0.15, 0.2) is 53.1 Å². The summed E-state index contributed by atoms with van der Waals surface area (Å²) in [6.07, 6.45) is 9.86. The van der Waals surface area contributed by atoms with Crippen LogP contribution in [0.3, 0.4) is 0 Å². The first-order chi connectivity index (χ1) is 17.3. The Kier molecular flexibility index (Phi) is 7.58. The summed E-state index contributed by atoms with van der Waals surface area (Å²) in [5.74, 6) is 2.41. The third-order valence-corrected chi connectivity index (χ3v) is 6.69. The number of benzene rings is 1. The number of unbranched alkanes of at least 4 members (excludes halogenated alkanes) is 1. The number of imidazole rings is 1. The maximum Gasteiger partial charge on any atom is 0.226 e. The highest BCUT2D eigenvalue weighted by Crippen LogP contribution is 2.28. The molecule has 8 heteroatoms. The van der Waals surface area contributed by atoms with Crippen molar-refractivity contribution < 1.29 is 4.42 Å². The van der Waals surface area contributed by atoms with E-state index < -0.39 is 0 Å². The van der Waals surface area contributed by atoms with E-state index in [1.54, 1.807) is 6.26 Å². The molecule has 0 saturated carbocycles. The number of piperidine rings is 1. The Hall–Kier alpha value is -3.39. The molecule has 4 aromatic rings. The Morgan fingerprint density at radius 3 is 2.51 bits per heavy atom. The molecular formula is C27H35N7O. The van der Waals surface area contributed by atoms with E-state index in [4.69, 9.17) is 20.1 Å². The zero-order chi connectivity index (χ0) is 23.9. The van der Waals surface area contributed by atoms with Gasteiger partial charge in [-0.05, 0) is 75.9 Å². The summed E-state index contributed by atoms with van der Waals surface area (Å²) in [5.41, 5.74) is 9.05. The van der Waals surface area contributed by atoms with Crippen molar-refractivity contribution in [1.29, 1.82) is 0 Å². The fourth-order valence-electron chi connectivity index (χ4n) is 4.83. The Balaban J connectivity index is 1.29. The van der Waals surface area contributed by atoms with Crippen molar-refractivity contribution in [3.63, 3.8) is 0 Å². The van der Waals surface area contributed by atoms with E-state index in [1.807, 2.05) is 18.2 Å². The average Bonchev–Trinajstić information content (AvgIpc) is 3.54. The molecule has 0 unspecified atom stereocenters. The van der Waals surface area contributed by atoms with E-state index in [9.17, 15) is 0 Å². The van der Waals surface area contributed by atoms with E-state index in [1.165, 1.54) is 37.9 Å². The second kappa shape index (κ2) is 11.4. The largest absolute Gasteiger partial charge is 0.461 e. The van der Waals surface area contributed by atoms with Gasteiger partial charge in [0.15, 0.2) is 28.6 Å². The monoisotopic (exact) mass is 473 g/mol. The van der Waals surface area contributed by atoms with E-state index in [-0.39, 0.29) is 0 Å². The van der Waals surface area contributed by atoms with E-state index >= 15 is 0 Å². The highest BCUT2D eigenvalue weighted by molar-refractivity contribution is 5.86. The second-order valence-electron chi connectivity index (χ2n) is 9.29. The lowest BCUT2D eigenvalue weighted by Gasteiger charge is -2.26. The van der Waals surface area contributed by atoms with Gasteiger partial charge in [-0.25, -0.2) is 4.98 Å². The molecule has 35 heavy (non-hydrogen) atoms. The topological polar surface area (TPSA) is 98.0 Å². The van der Waals surface area contributed by atoms with Gasteiger partial charge in [-0.15, -0.1) is 0 Å². The number of aryl methyl sites for hydroxylation is 2. The summed E-state index contributed by atoms with van der Waals surface area (Å²) in [6.45, 7) is 5.19. The van der Waals surface area contributed by atoms with Crippen molar-refractivity contribution in [3.8, 4) is 11.6 Å². The normalized spacial score (nSPS) is 14.5. The van der Waals surface area contributed by atoms with Gasteiger partial charge in [0.1, 0.15) is 0 Å². The van der Waals surface area contributed by atoms with Gasteiger partial charge in [-0.1, -0.05) is 36.8 Å². The molecule has 1 fully saturated rings. The molecule has 0 amide bonds. The predicted molar refractivity (Wildman–Crippen MR) is 140 cm³/mol. The molecule has 0 atom stereocenters. The molecule has 3 N–H and O–H groups in total. The van der Waals surface area contributed by atoms with Gasteiger partial charge in [0, 0.05) is 13.1 Å². The first-order valence-electron chi connectivity index (χ1n) is 12.9. The summed E-state index contributed by atoms with van der Waals surface area (Å²) < 4.78 is 7.82. The lowest BCUT2D eigenvalue weighted by atomic mass is 10.1. The molecular weight excluding hydrogens is 438 g/mol. The number of likely N-dealkylation sites (tertiary alicyclic amines) is 1. The fourth-order valence-corrected chi connectivity index (χ4v) is 4.83. The number of nitrogens with zero attached hydrogens (tertiary/aromatic N) is 5. The molecule has 3 aromatic heterocycles. The zero-order valence-corrected chi connectivity index (χ0v) is 20.3. The number of anilines is 2. The van der Waals surface area contributed by atoms with Crippen LogP contribution in [0.4, 0.5) is 11.8 Å². The Morgan fingerprint density at radius 1 is 0.886 bits per heavy atom. The van der Waals surface area contributed by atoms with Crippen LogP contribution in [0.25, 0.3) is 22.7 Å². The Bertz CT molecular complexity index is 1200. The number of aromatic nitrogens is 4. The van der Waals surface area contributed by atoms with Crippen LogP contribution < -0.4 is 11.1 Å². The van der Waals surface area contributed by atoms with Gasteiger partial charge in [-0.2, -0.15) is 9.97 Å². The molecule has 0 radical (unpaired) electrons. The third-order valence-electron chi connectivity index (χ3n) is 6.69. The third kappa shape index (κ3) is 5.82. The first-order valence-corrected chi connectivity index (χ1v) is 12.9. The standard InChI is InChI=1S/C27H35N7O/c28-24-23-26(32-27(31-24)29-15-9-13-21-11-3-1-4-12-21)34(25(30-23)22-14-10-20-35-22)19-8-7-18-33-16-5-2-6-17-33/h1,3-4,10-12,14,20H,2,5-9,13,15-19H2,(H3,28,29,31,32). The van der Waals surface area contributed by atoms with Crippen LogP contribution in [0, 0.1) is 0 Å². The molecule has 4 heterocycles. The summed E-state index contributed by atoms with van der Waals surface area (Å²) in [6, 6.07) is 14.3. The minimum atomic E-state index is 0.389. The zero-order valence-electron chi connectivity index (χ0n) is 20.3. The molecule has 0 spiro atoms. The van der Waals surface area contributed by atoms with Crippen LogP contribution in [0.2, 0.25) is 0 Å². The Morgan fingerprint density at radius 2 is 1.71 bits per heavy atom. The summed E-state index contributed by atoms with van der Waals surface area (Å²) in [4.78, 5) is 16.7. The van der Waals surface area contributed by atoms with E-state index in [0.717, 1.165) is 62.5 Å². The van der Waals surface area contributed by atoms with Crippen molar-refractivity contribution in [2.75, 3.05) is 37.2 Å². The second-order valence-corrected chi connectivity index (χ2v) is 9.29. The molecule has 8 nitrogen and oxygen atoms in total. The maximum atomic E-state index is 6.34. The minimum Gasteiger partial charge on any atom is -0.461 e. The van der Waals surface area contributed by atoms with Crippen LogP contribution in [-0.4, -0.2) is 50.6 Å². The lowest BCUT2D eigenvalue weighted by molar-refractivity contribution is 0.223.